The summed E-state index contributed by atoms with van der Waals surface area (Å²) in [6.45, 7) is 0. The Hall–Kier alpha value is -3.66. The van der Waals surface area contributed by atoms with E-state index in [1.165, 1.54) is 29.3 Å². The fourth-order valence-corrected chi connectivity index (χ4v) is 1.91. The number of hydrogen-bond donors (Lipinski definition) is 1. The highest BCUT2D eigenvalue weighted by Crippen LogP contribution is 2.18. The van der Waals surface area contributed by atoms with Gasteiger partial charge in [0.1, 0.15) is 17.4 Å². The minimum atomic E-state index is -0.407. The maximum absolute atomic E-state index is 12.0. The second-order valence-corrected chi connectivity index (χ2v) is 4.46. The monoisotopic (exact) mass is 305 g/mol. The molecule has 0 fully saturated rings. The van der Waals surface area contributed by atoms with Crippen LogP contribution in [-0.4, -0.2) is 20.7 Å². The molecule has 0 aromatic carbocycles. The predicted octanol–water partition coefficient (Wildman–Crippen LogP) is 2.38. The number of nitriles is 1. The summed E-state index contributed by atoms with van der Waals surface area (Å²) in [6.07, 6.45) is 7.34. The van der Waals surface area contributed by atoms with Crippen LogP contribution in [-0.2, 0) is 4.79 Å². The number of carbonyl (C=O) groups is 1. The average molecular weight is 305 g/mol. The largest absolute Gasteiger partial charge is 0.465 e. The van der Waals surface area contributed by atoms with Crippen LogP contribution in [0.2, 0.25) is 0 Å². The van der Waals surface area contributed by atoms with Crippen LogP contribution in [0.3, 0.4) is 0 Å². The minimum absolute atomic E-state index is 0.246. The van der Waals surface area contributed by atoms with Gasteiger partial charge >= 0.3 is 0 Å². The molecule has 3 aromatic rings. The van der Waals surface area contributed by atoms with Crippen molar-refractivity contribution in [1.29, 1.82) is 5.26 Å². The molecule has 0 aliphatic heterocycles. The lowest BCUT2D eigenvalue weighted by Gasteiger charge is -2.06. The topological polar surface area (TPSA) is 96.7 Å². The summed E-state index contributed by atoms with van der Waals surface area (Å²) >= 11 is 0. The molecule has 0 unspecified atom stereocenters. The zero-order chi connectivity index (χ0) is 16.1. The van der Waals surface area contributed by atoms with Crippen LogP contribution < -0.4 is 5.32 Å². The van der Waals surface area contributed by atoms with Crippen LogP contribution in [0.1, 0.15) is 11.3 Å². The summed E-state index contributed by atoms with van der Waals surface area (Å²) < 4.78 is 6.51. The van der Waals surface area contributed by atoms with Gasteiger partial charge in [-0.1, -0.05) is 6.07 Å². The second kappa shape index (κ2) is 6.41. The number of rotatable bonds is 4. The van der Waals surface area contributed by atoms with Crippen LogP contribution >= 0.6 is 0 Å². The summed E-state index contributed by atoms with van der Waals surface area (Å²) in [6, 6.07) is 10.7. The Morgan fingerprint density at radius 3 is 2.96 bits per heavy atom. The molecule has 23 heavy (non-hydrogen) atoms. The smallest absolute Gasteiger partial charge is 0.249 e. The number of pyridine rings is 1. The van der Waals surface area contributed by atoms with Crippen LogP contribution in [0.25, 0.3) is 11.9 Å². The number of hydrogen-bond acceptors (Lipinski definition) is 5. The molecule has 0 aliphatic carbocycles. The van der Waals surface area contributed by atoms with Crippen molar-refractivity contribution in [3.8, 4) is 11.9 Å². The van der Waals surface area contributed by atoms with E-state index in [-0.39, 0.29) is 11.4 Å². The van der Waals surface area contributed by atoms with Crippen molar-refractivity contribution in [1.82, 2.24) is 14.8 Å². The van der Waals surface area contributed by atoms with Crippen molar-refractivity contribution in [2.24, 2.45) is 0 Å². The first kappa shape index (κ1) is 14.3. The van der Waals surface area contributed by atoms with Crippen molar-refractivity contribution < 1.29 is 9.21 Å². The van der Waals surface area contributed by atoms with Gasteiger partial charge in [-0.3, -0.25) is 4.79 Å². The fourth-order valence-electron chi connectivity index (χ4n) is 1.91. The molecule has 0 bridgehead atoms. The minimum Gasteiger partial charge on any atom is -0.465 e. The van der Waals surface area contributed by atoms with E-state index >= 15 is 0 Å². The molecule has 3 rings (SSSR count). The molecule has 1 N–H and O–H groups in total. The molecule has 112 valence electrons. The number of amides is 1. The van der Waals surface area contributed by atoms with Gasteiger partial charge in [-0.25, -0.2) is 4.98 Å². The van der Waals surface area contributed by atoms with Gasteiger partial charge < -0.3 is 9.73 Å². The Balaban J connectivity index is 1.86. The summed E-state index contributed by atoms with van der Waals surface area (Å²) in [5, 5.41) is 15.9. The van der Waals surface area contributed by atoms with E-state index in [0.29, 0.717) is 11.6 Å². The van der Waals surface area contributed by atoms with Gasteiger partial charge in [0, 0.05) is 12.3 Å². The zero-order valence-corrected chi connectivity index (χ0v) is 11.9. The van der Waals surface area contributed by atoms with E-state index in [2.05, 4.69) is 15.4 Å². The quantitative estimate of drug-likeness (QED) is 0.746. The maximum atomic E-state index is 12.0. The molecule has 3 heterocycles. The Morgan fingerprint density at radius 2 is 2.26 bits per heavy atom. The predicted molar refractivity (Wildman–Crippen MR) is 82.4 cm³/mol. The van der Waals surface area contributed by atoms with E-state index in [1.54, 1.807) is 36.5 Å². The number of anilines is 1. The van der Waals surface area contributed by atoms with Crippen LogP contribution in [0.15, 0.2) is 59.5 Å². The standard InChI is InChI=1S/C16H11N5O2/c17-10-12-11-19-21(14-5-1-2-8-18-14)16(12)20-15(22)7-6-13-4-3-9-23-13/h1-9,11H,(H,20,22)/b7-6+. The number of nitrogens with zero attached hydrogens (tertiary/aromatic N) is 4. The van der Waals surface area contributed by atoms with E-state index in [4.69, 9.17) is 9.68 Å². The van der Waals surface area contributed by atoms with Crippen molar-refractivity contribution in [2.45, 2.75) is 0 Å². The molecule has 0 aliphatic rings. The molecule has 0 spiro atoms. The van der Waals surface area contributed by atoms with Gasteiger partial charge in [0.25, 0.3) is 0 Å². The molecule has 0 saturated carbocycles. The summed E-state index contributed by atoms with van der Waals surface area (Å²) in [5.74, 6) is 0.911. The lowest BCUT2D eigenvalue weighted by atomic mass is 10.3. The molecule has 7 nitrogen and oxygen atoms in total. The normalized spacial score (nSPS) is 10.6. The lowest BCUT2D eigenvalue weighted by Crippen LogP contribution is -2.13. The molecule has 0 saturated heterocycles. The SMILES string of the molecule is N#Cc1cnn(-c2ccccn2)c1NC(=O)/C=C/c1ccco1. The Morgan fingerprint density at radius 1 is 1.35 bits per heavy atom. The van der Waals surface area contributed by atoms with E-state index in [0.717, 1.165) is 0 Å². The first-order valence-electron chi connectivity index (χ1n) is 6.70. The highest BCUT2D eigenvalue weighted by Gasteiger charge is 2.14. The Labute approximate surface area is 131 Å². The highest BCUT2D eigenvalue weighted by atomic mass is 16.3. The molecule has 1 amide bonds. The van der Waals surface area contributed by atoms with Gasteiger partial charge in [0.2, 0.25) is 5.91 Å². The molecular formula is C16H11N5O2. The zero-order valence-electron chi connectivity index (χ0n) is 11.9. The van der Waals surface area contributed by atoms with Crippen molar-refractivity contribution >= 4 is 17.8 Å². The second-order valence-electron chi connectivity index (χ2n) is 4.46. The third-order valence-corrected chi connectivity index (χ3v) is 2.94. The van der Waals surface area contributed by atoms with Gasteiger partial charge in [-0.05, 0) is 30.3 Å². The first-order valence-corrected chi connectivity index (χ1v) is 6.70. The van der Waals surface area contributed by atoms with Crippen molar-refractivity contribution in [3.63, 3.8) is 0 Å². The summed E-state index contributed by atoms with van der Waals surface area (Å²) in [7, 11) is 0. The Bertz CT molecular complexity index is 873. The number of aromatic nitrogens is 3. The number of furan rings is 1. The third kappa shape index (κ3) is 3.16. The van der Waals surface area contributed by atoms with E-state index in [9.17, 15) is 4.79 Å². The van der Waals surface area contributed by atoms with Crippen LogP contribution in [0, 0.1) is 11.3 Å². The molecule has 0 atom stereocenters. The number of nitrogens with one attached hydrogen (secondary N) is 1. The molecular weight excluding hydrogens is 294 g/mol. The van der Waals surface area contributed by atoms with Crippen LogP contribution in [0.5, 0.6) is 0 Å². The van der Waals surface area contributed by atoms with Gasteiger partial charge in [-0.15, -0.1) is 0 Å². The summed E-state index contributed by atoms with van der Waals surface area (Å²) in [4.78, 5) is 16.2. The van der Waals surface area contributed by atoms with Crippen molar-refractivity contribution in [3.05, 3.63) is 66.4 Å². The van der Waals surface area contributed by atoms with E-state index < -0.39 is 5.91 Å². The van der Waals surface area contributed by atoms with Gasteiger partial charge in [0.05, 0.1) is 12.5 Å². The summed E-state index contributed by atoms with van der Waals surface area (Å²) in [5.41, 5.74) is 0.246. The third-order valence-electron chi connectivity index (χ3n) is 2.94. The molecule has 3 aromatic heterocycles. The maximum Gasteiger partial charge on any atom is 0.249 e. The van der Waals surface area contributed by atoms with Crippen molar-refractivity contribution in [2.75, 3.05) is 5.32 Å². The van der Waals surface area contributed by atoms with Gasteiger partial charge in [0.15, 0.2) is 11.6 Å². The fraction of sp³-hybridized carbons (Fsp3) is 0. The Kier molecular flexibility index (Phi) is 3.98. The first-order chi connectivity index (χ1) is 11.3. The van der Waals surface area contributed by atoms with E-state index in [1.807, 2.05) is 6.07 Å². The van der Waals surface area contributed by atoms with Gasteiger partial charge in [-0.2, -0.15) is 15.0 Å². The number of carbonyl (C=O) groups excluding carboxylic acids is 1. The highest BCUT2D eigenvalue weighted by molar-refractivity contribution is 6.02. The average Bonchev–Trinajstić information content (AvgIpc) is 3.23. The molecule has 7 heteroatoms. The lowest BCUT2D eigenvalue weighted by molar-refractivity contribution is -0.111. The van der Waals surface area contributed by atoms with Crippen LogP contribution in [0.4, 0.5) is 5.82 Å². The molecule has 0 radical (unpaired) electrons.